The van der Waals surface area contributed by atoms with Crippen LogP contribution in [0.15, 0.2) is 16.7 Å². The summed E-state index contributed by atoms with van der Waals surface area (Å²) in [5.74, 6) is 1.52. The molecule has 1 aromatic heterocycles. The molecule has 2 heterocycles. The first kappa shape index (κ1) is 15.1. The van der Waals surface area contributed by atoms with Gasteiger partial charge in [-0.25, -0.2) is 0 Å². The van der Waals surface area contributed by atoms with Gasteiger partial charge in [-0.3, -0.25) is 4.79 Å². The number of nitrogens with one attached hydrogen (secondary N) is 1. The lowest BCUT2D eigenvalue weighted by Crippen LogP contribution is -2.47. The van der Waals surface area contributed by atoms with Crippen molar-refractivity contribution >= 4 is 5.91 Å². The Bertz CT molecular complexity index is 459. The van der Waals surface area contributed by atoms with Crippen LogP contribution in [-0.4, -0.2) is 30.9 Å². The molecule has 1 amide bonds. The first-order valence-corrected chi connectivity index (χ1v) is 7.42. The molecule has 1 unspecified atom stereocenters. The van der Waals surface area contributed by atoms with Gasteiger partial charge in [0.05, 0.1) is 6.26 Å². The number of piperidine rings is 1. The van der Waals surface area contributed by atoms with E-state index in [9.17, 15) is 4.79 Å². The Hall–Kier alpha value is -1.29. The molecule has 1 atom stereocenters. The van der Waals surface area contributed by atoms with Crippen molar-refractivity contribution in [3.63, 3.8) is 0 Å². The predicted molar refractivity (Wildman–Crippen MR) is 79.3 cm³/mol. The van der Waals surface area contributed by atoms with E-state index in [4.69, 9.17) is 4.42 Å². The molecule has 0 bridgehead atoms. The minimum Gasteiger partial charge on any atom is -0.469 e. The highest BCUT2D eigenvalue weighted by Gasteiger charge is 2.39. The first-order chi connectivity index (χ1) is 9.43. The number of carbonyl (C=O) groups excluding carboxylic acids is 1. The van der Waals surface area contributed by atoms with Gasteiger partial charge in [-0.1, -0.05) is 13.8 Å². The lowest BCUT2D eigenvalue weighted by molar-refractivity contribution is -0.143. The van der Waals surface area contributed by atoms with Crippen molar-refractivity contribution in [2.24, 2.45) is 11.3 Å². The lowest BCUT2D eigenvalue weighted by atomic mass is 9.74. The van der Waals surface area contributed by atoms with E-state index < -0.39 is 0 Å². The fourth-order valence-electron chi connectivity index (χ4n) is 3.04. The van der Waals surface area contributed by atoms with Gasteiger partial charge in [-0.2, -0.15) is 0 Å². The van der Waals surface area contributed by atoms with Gasteiger partial charge < -0.3 is 14.6 Å². The molecule has 0 saturated carbocycles. The molecule has 4 heteroatoms. The van der Waals surface area contributed by atoms with Gasteiger partial charge >= 0.3 is 0 Å². The van der Waals surface area contributed by atoms with E-state index in [1.165, 1.54) is 0 Å². The van der Waals surface area contributed by atoms with Crippen molar-refractivity contribution in [3.05, 3.63) is 23.7 Å². The zero-order valence-corrected chi connectivity index (χ0v) is 13.0. The van der Waals surface area contributed by atoms with Crippen molar-refractivity contribution in [3.8, 4) is 0 Å². The molecule has 1 fully saturated rings. The largest absolute Gasteiger partial charge is 0.469 e. The molecule has 0 aliphatic carbocycles. The molecule has 20 heavy (non-hydrogen) atoms. The van der Waals surface area contributed by atoms with Crippen LogP contribution >= 0.6 is 0 Å². The summed E-state index contributed by atoms with van der Waals surface area (Å²) in [6.07, 6.45) is 3.97. The average molecular weight is 278 g/mol. The normalized spacial score (nSPS) is 19.9. The number of furan rings is 1. The van der Waals surface area contributed by atoms with Crippen molar-refractivity contribution in [2.75, 3.05) is 20.1 Å². The molecule has 0 aromatic carbocycles. The molecule has 4 nitrogen and oxygen atoms in total. The maximum Gasteiger partial charge on any atom is 0.228 e. The maximum absolute atomic E-state index is 12.8. The van der Waals surface area contributed by atoms with E-state index in [-0.39, 0.29) is 11.3 Å². The highest BCUT2D eigenvalue weighted by Crippen LogP contribution is 2.33. The predicted octanol–water partition coefficient (Wildman–Crippen LogP) is 2.57. The van der Waals surface area contributed by atoms with E-state index in [1.807, 2.05) is 24.9 Å². The molecule has 0 spiro atoms. The van der Waals surface area contributed by atoms with Gasteiger partial charge in [0, 0.05) is 24.6 Å². The second kappa shape index (κ2) is 6.00. The molecule has 1 saturated heterocycles. The van der Waals surface area contributed by atoms with Gasteiger partial charge in [-0.05, 0) is 44.8 Å². The molecule has 1 aliphatic heterocycles. The number of nitrogens with zero attached hydrogens (tertiary/aromatic N) is 1. The fourth-order valence-corrected chi connectivity index (χ4v) is 3.04. The summed E-state index contributed by atoms with van der Waals surface area (Å²) < 4.78 is 5.30. The first-order valence-electron chi connectivity index (χ1n) is 7.42. The van der Waals surface area contributed by atoms with Crippen LogP contribution in [-0.2, 0) is 11.3 Å². The Morgan fingerprint density at radius 2 is 2.30 bits per heavy atom. The Balaban J connectivity index is 2.03. The second-order valence-electron chi connectivity index (χ2n) is 6.43. The molecule has 112 valence electrons. The second-order valence-corrected chi connectivity index (χ2v) is 6.43. The van der Waals surface area contributed by atoms with Gasteiger partial charge in [0.1, 0.15) is 5.76 Å². The molecule has 0 radical (unpaired) electrons. The third kappa shape index (κ3) is 3.06. The standard InChI is InChI=1S/C16H26N2O2/c1-12-13(7-9-20-12)11-18(4)15(19)16(2,3)14-6-5-8-17-10-14/h7,9,14,17H,5-6,8,10-11H2,1-4H3. The minimum atomic E-state index is -0.320. The lowest BCUT2D eigenvalue weighted by Gasteiger charge is -2.38. The number of rotatable bonds is 4. The zero-order valence-electron chi connectivity index (χ0n) is 13.0. The average Bonchev–Trinajstić information content (AvgIpc) is 2.84. The third-order valence-corrected chi connectivity index (χ3v) is 4.59. The smallest absolute Gasteiger partial charge is 0.228 e. The summed E-state index contributed by atoms with van der Waals surface area (Å²) in [5, 5.41) is 3.40. The van der Waals surface area contributed by atoms with Crippen LogP contribution in [0, 0.1) is 18.3 Å². The summed E-state index contributed by atoms with van der Waals surface area (Å²) in [6.45, 7) is 8.72. The summed E-state index contributed by atoms with van der Waals surface area (Å²) in [5.41, 5.74) is 0.762. The summed E-state index contributed by atoms with van der Waals surface area (Å²) in [6, 6.07) is 1.94. The molecular weight excluding hydrogens is 252 g/mol. The van der Waals surface area contributed by atoms with Gasteiger partial charge in [-0.15, -0.1) is 0 Å². The van der Waals surface area contributed by atoms with Gasteiger partial charge in [0.2, 0.25) is 5.91 Å². The van der Waals surface area contributed by atoms with Crippen LogP contribution in [0.25, 0.3) is 0 Å². The van der Waals surface area contributed by atoms with Crippen LogP contribution in [0.5, 0.6) is 0 Å². The molecule has 1 aliphatic rings. The van der Waals surface area contributed by atoms with Crippen LogP contribution in [0.1, 0.15) is 38.0 Å². The van der Waals surface area contributed by atoms with Gasteiger partial charge in [0.15, 0.2) is 0 Å². The molecule has 1 aromatic rings. The van der Waals surface area contributed by atoms with Crippen LogP contribution in [0.3, 0.4) is 0 Å². The highest BCUT2D eigenvalue weighted by atomic mass is 16.3. The van der Waals surface area contributed by atoms with Crippen LogP contribution in [0.4, 0.5) is 0 Å². The Labute approximate surface area is 121 Å². The van der Waals surface area contributed by atoms with Crippen molar-refractivity contribution < 1.29 is 9.21 Å². The quantitative estimate of drug-likeness (QED) is 0.920. The van der Waals surface area contributed by atoms with E-state index >= 15 is 0 Å². The van der Waals surface area contributed by atoms with E-state index in [1.54, 1.807) is 6.26 Å². The summed E-state index contributed by atoms with van der Waals surface area (Å²) in [7, 11) is 1.88. The number of amides is 1. The monoisotopic (exact) mass is 278 g/mol. The molecular formula is C16H26N2O2. The Morgan fingerprint density at radius 1 is 1.55 bits per heavy atom. The minimum absolute atomic E-state index is 0.215. The topological polar surface area (TPSA) is 45.5 Å². The highest BCUT2D eigenvalue weighted by molar-refractivity contribution is 5.82. The number of hydrogen-bond donors (Lipinski definition) is 1. The summed E-state index contributed by atoms with van der Waals surface area (Å²) >= 11 is 0. The third-order valence-electron chi connectivity index (χ3n) is 4.59. The Kier molecular flexibility index (Phi) is 4.53. The molecule has 2 rings (SSSR count). The zero-order chi connectivity index (χ0) is 14.8. The number of hydrogen-bond acceptors (Lipinski definition) is 3. The Morgan fingerprint density at radius 3 is 2.85 bits per heavy atom. The SMILES string of the molecule is Cc1occc1CN(C)C(=O)C(C)(C)C1CCCNC1. The van der Waals surface area contributed by atoms with Crippen molar-refractivity contribution in [1.29, 1.82) is 0 Å². The maximum atomic E-state index is 12.8. The summed E-state index contributed by atoms with van der Waals surface area (Å²) in [4.78, 5) is 14.6. The number of carbonyl (C=O) groups is 1. The fraction of sp³-hybridized carbons (Fsp3) is 0.688. The van der Waals surface area contributed by atoms with Crippen molar-refractivity contribution in [2.45, 2.75) is 40.2 Å². The van der Waals surface area contributed by atoms with E-state index in [2.05, 4.69) is 19.2 Å². The molecule has 1 N–H and O–H groups in total. The van der Waals surface area contributed by atoms with Crippen molar-refractivity contribution in [1.82, 2.24) is 10.2 Å². The number of aryl methyl sites for hydroxylation is 1. The van der Waals surface area contributed by atoms with Crippen LogP contribution in [0.2, 0.25) is 0 Å². The van der Waals surface area contributed by atoms with Crippen LogP contribution < -0.4 is 5.32 Å². The van der Waals surface area contributed by atoms with E-state index in [0.29, 0.717) is 12.5 Å². The van der Waals surface area contributed by atoms with Gasteiger partial charge in [0.25, 0.3) is 0 Å². The van der Waals surface area contributed by atoms with E-state index in [0.717, 1.165) is 37.3 Å².